The van der Waals surface area contributed by atoms with Crippen molar-refractivity contribution >= 4 is 40.5 Å². The maximum absolute atomic E-state index is 13.7. The van der Waals surface area contributed by atoms with E-state index >= 15 is 0 Å². The lowest BCUT2D eigenvalue weighted by molar-refractivity contribution is -0.115. The second-order valence-electron chi connectivity index (χ2n) is 4.91. The molecule has 2 aromatic heterocycles. The summed E-state index contributed by atoms with van der Waals surface area (Å²) in [7, 11) is 0. The van der Waals surface area contributed by atoms with Crippen LogP contribution in [-0.4, -0.2) is 20.5 Å². The van der Waals surface area contributed by atoms with Crippen molar-refractivity contribution in [1.82, 2.24) is 9.38 Å². The number of carbonyl (C=O) groups excluding carboxylic acids is 1. The normalized spacial score (nSPS) is 12.3. The van der Waals surface area contributed by atoms with Crippen molar-refractivity contribution < 1.29 is 9.18 Å². The molecule has 7 heteroatoms. The molecule has 0 spiro atoms. The van der Waals surface area contributed by atoms with Crippen LogP contribution in [0.25, 0.3) is 5.52 Å². The summed E-state index contributed by atoms with van der Waals surface area (Å²) in [6, 6.07) is 9.89. The molecule has 1 atom stereocenters. The highest BCUT2D eigenvalue weighted by molar-refractivity contribution is 8.00. The van der Waals surface area contributed by atoms with E-state index in [0.717, 1.165) is 11.6 Å². The van der Waals surface area contributed by atoms with E-state index in [9.17, 15) is 9.18 Å². The van der Waals surface area contributed by atoms with Crippen LogP contribution in [0.1, 0.15) is 6.92 Å². The van der Waals surface area contributed by atoms with Crippen molar-refractivity contribution in [2.75, 3.05) is 5.32 Å². The molecular formula is C16H13ClFN3OS. The van der Waals surface area contributed by atoms with Crippen molar-refractivity contribution in [2.24, 2.45) is 0 Å². The molecule has 3 rings (SSSR count). The molecule has 0 aliphatic rings. The van der Waals surface area contributed by atoms with E-state index in [4.69, 9.17) is 11.6 Å². The van der Waals surface area contributed by atoms with Gasteiger partial charge in [0, 0.05) is 11.2 Å². The molecule has 23 heavy (non-hydrogen) atoms. The summed E-state index contributed by atoms with van der Waals surface area (Å²) >= 11 is 7.01. The number of nitrogens with one attached hydrogen (secondary N) is 1. The van der Waals surface area contributed by atoms with Crippen molar-refractivity contribution in [1.29, 1.82) is 0 Å². The first kappa shape index (κ1) is 15.8. The summed E-state index contributed by atoms with van der Waals surface area (Å²) < 4.78 is 15.6. The Kier molecular flexibility index (Phi) is 4.54. The third-order valence-corrected chi connectivity index (χ3v) is 4.56. The van der Waals surface area contributed by atoms with Crippen molar-refractivity contribution in [2.45, 2.75) is 17.3 Å². The number of amides is 1. The fourth-order valence-corrected chi connectivity index (χ4v) is 3.08. The van der Waals surface area contributed by atoms with Crippen LogP contribution in [0.3, 0.4) is 0 Å². The van der Waals surface area contributed by atoms with Gasteiger partial charge in [0.1, 0.15) is 5.82 Å². The van der Waals surface area contributed by atoms with Gasteiger partial charge in [0.2, 0.25) is 5.91 Å². The highest BCUT2D eigenvalue weighted by atomic mass is 35.5. The van der Waals surface area contributed by atoms with Gasteiger partial charge in [-0.25, -0.2) is 9.37 Å². The van der Waals surface area contributed by atoms with Gasteiger partial charge < -0.3 is 5.32 Å². The maximum Gasteiger partial charge on any atom is 0.237 e. The minimum atomic E-state index is -0.561. The van der Waals surface area contributed by atoms with Crippen molar-refractivity contribution in [3.8, 4) is 0 Å². The average molecular weight is 350 g/mol. The minimum absolute atomic E-state index is 0.111. The van der Waals surface area contributed by atoms with E-state index in [2.05, 4.69) is 10.3 Å². The van der Waals surface area contributed by atoms with Gasteiger partial charge in [-0.1, -0.05) is 29.4 Å². The highest BCUT2D eigenvalue weighted by Gasteiger charge is 2.18. The number of aromatic nitrogens is 2. The van der Waals surface area contributed by atoms with Crippen LogP contribution in [0.2, 0.25) is 5.02 Å². The van der Waals surface area contributed by atoms with Crippen LogP contribution < -0.4 is 5.32 Å². The third-order valence-electron chi connectivity index (χ3n) is 3.25. The molecule has 0 radical (unpaired) electrons. The molecule has 0 bridgehead atoms. The molecule has 1 amide bonds. The smallest absolute Gasteiger partial charge is 0.237 e. The summed E-state index contributed by atoms with van der Waals surface area (Å²) in [4.78, 5) is 16.6. The lowest BCUT2D eigenvalue weighted by atomic mass is 10.3. The fourth-order valence-electron chi connectivity index (χ4n) is 2.04. The topological polar surface area (TPSA) is 46.4 Å². The molecule has 0 fully saturated rings. The number of anilines is 1. The Morgan fingerprint density at radius 2 is 2.22 bits per heavy atom. The predicted octanol–water partition coefficient (Wildman–Crippen LogP) is 4.25. The number of carbonyl (C=O) groups is 1. The fraction of sp³-hybridized carbons (Fsp3) is 0.125. The van der Waals surface area contributed by atoms with E-state index in [1.54, 1.807) is 13.1 Å². The first-order chi connectivity index (χ1) is 11.0. The zero-order chi connectivity index (χ0) is 16.4. The van der Waals surface area contributed by atoms with Gasteiger partial charge in [-0.2, -0.15) is 0 Å². The molecule has 2 heterocycles. The van der Waals surface area contributed by atoms with E-state index in [1.807, 2.05) is 28.8 Å². The number of halogens is 2. The van der Waals surface area contributed by atoms with Gasteiger partial charge in [-0.15, -0.1) is 0 Å². The van der Waals surface area contributed by atoms with Crippen LogP contribution in [0, 0.1) is 5.82 Å². The van der Waals surface area contributed by atoms with Gasteiger partial charge in [0.15, 0.2) is 5.16 Å². The molecule has 0 aliphatic carbocycles. The number of fused-ring (bicyclic) bond motifs is 1. The number of imidazole rings is 1. The minimum Gasteiger partial charge on any atom is -0.323 e. The molecule has 0 aliphatic heterocycles. The van der Waals surface area contributed by atoms with Crippen LogP contribution in [0.5, 0.6) is 0 Å². The quantitative estimate of drug-likeness (QED) is 0.716. The maximum atomic E-state index is 13.7. The van der Waals surface area contributed by atoms with Crippen LogP contribution >= 0.6 is 23.4 Å². The Morgan fingerprint density at radius 1 is 1.39 bits per heavy atom. The van der Waals surface area contributed by atoms with Gasteiger partial charge in [0.05, 0.1) is 22.7 Å². The number of rotatable bonds is 4. The molecule has 3 aromatic rings. The van der Waals surface area contributed by atoms with Gasteiger partial charge in [0.25, 0.3) is 0 Å². The molecule has 1 aromatic carbocycles. The second kappa shape index (κ2) is 6.60. The van der Waals surface area contributed by atoms with E-state index in [-0.39, 0.29) is 16.6 Å². The van der Waals surface area contributed by atoms with E-state index in [1.165, 1.54) is 23.9 Å². The summed E-state index contributed by atoms with van der Waals surface area (Å²) in [5.41, 5.74) is 1.06. The molecule has 1 unspecified atom stereocenters. The molecule has 1 N–H and O–H groups in total. The van der Waals surface area contributed by atoms with Crippen molar-refractivity contribution in [3.63, 3.8) is 0 Å². The van der Waals surface area contributed by atoms with E-state index in [0.29, 0.717) is 5.16 Å². The summed E-state index contributed by atoms with van der Waals surface area (Å²) in [5.74, 6) is -0.863. The first-order valence-corrected chi connectivity index (χ1v) is 8.15. The molecule has 118 valence electrons. The molecular weight excluding hydrogens is 337 g/mol. The molecule has 4 nitrogen and oxygen atoms in total. The number of hydrogen-bond acceptors (Lipinski definition) is 3. The standard InChI is InChI=1S/C16H13ClFN3OS/c1-10(15(22)20-14-6-5-11(17)8-13(14)18)23-16-19-9-12-4-2-3-7-21(12)16/h2-10H,1H3,(H,20,22). The number of pyridine rings is 1. The average Bonchev–Trinajstić information content (AvgIpc) is 2.93. The zero-order valence-corrected chi connectivity index (χ0v) is 13.7. The lowest BCUT2D eigenvalue weighted by Gasteiger charge is -2.12. The predicted molar refractivity (Wildman–Crippen MR) is 90.6 cm³/mol. The van der Waals surface area contributed by atoms with Crippen LogP contribution in [0.4, 0.5) is 10.1 Å². The Bertz CT molecular complexity index is 867. The highest BCUT2D eigenvalue weighted by Crippen LogP contribution is 2.25. The largest absolute Gasteiger partial charge is 0.323 e. The number of nitrogens with zero attached hydrogens (tertiary/aromatic N) is 2. The Balaban J connectivity index is 1.72. The number of hydrogen-bond donors (Lipinski definition) is 1. The number of thioether (sulfide) groups is 1. The Labute approximate surface area is 141 Å². The van der Waals surface area contributed by atoms with Gasteiger partial charge in [-0.05, 0) is 37.3 Å². The molecule has 0 saturated carbocycles. The summed E-state index contributed by atoms with van der Waals surface area (Å²) in [5, 5.41) is 3.13. The van der Waals surface area contributed by atoms with Crippen LogP contribution in [0.15, 0.2) is 53.9 Å². The summed E-state index contributed by atoms with van der Waals surface area (Å²) in [6.07, 6.45) is 3.62. The first-order valence-electron chi connectivity index (χ1n) is 6.89. The van der Waals surface area contributed by atoms with Crippen molar-refractivity contribution in [3.05, 3.63) is 59.6 Å². The lowest BCUT2D eigenvalue weighted by Crippen LogP contribution is -2.23. The Hall–Kier alpha value is -2.05. The van der Waals surface area contributed by atoms with Crippen LogP contribution in [-0.2, 0) is 4.79 Å². The second-order valence-corrected chi connectivity index (χ2v) is 6.65. The monoisotopic (exact) mass is 349 g/mol. The zero-order valence-electron chi connectivity index (χ0n) is 12.2. The number of benzene rings is 1. The Morgan fingerprint density at radius 3 is 3.00 bits per heavy atom. The van der Waals surface area contributed by atoms with Gasteiger partial charge in [-0.3, -0.25) is 9.20 Å². The van der Waals surface area contributed by atoms with E-state index < -0.39 is 11.1 Å². The summed E-state index contributed by atoms with van der Waals surface area (Å²) in [6.45, 7) is 1.75. The third kappa shape index (κ3) is 3.48. The SMILES string of the molecule is CC(Sc1ncc2ccccn12)C(=O)Nc1ccc(Cl)cc1F. The molecule has 0 saturated heterocycles. The van der Waals surface area contributed by atoms with Gasteiger partial charge >= 0.3 is 0 Å².